The number of amides is 4. The maximum absolute atomic E-state index is 12.3. The highest BCUT2D eigenvalue weighted by Crippen LogP contribution is 2.06. The molecule has 0 aromatic heterocycles. The van der Waals surface area contributed by atoms with E-state index in [1.165, 1.54) is 6.92 Å². The number of carbonyl (C=O) groups is 5. The molecule has 0 radical (unpaired) electrons. The van der Waals surface area contributed by atoms with Crippen LogP contribution in [-0.2, 0) is 24.0 Å². The first-order valence-corrected chi connectivity index (χ1v) is 11.2. The second kappa shape index (κ2) is 16.5. The third-order valence-electron chi connectivity index (χ3n) is 4.60. The lowest BCUT2D eigenvalue weighted by Crippen LogP contribution is -2.53. The van der Waals surface area contributed by atoms with E-state index in [1.807, 2.05) is 13.8 Å². The number of Topliss-reactive ketones (excluding diaryl/α,β-unsaturated/α-hetero) is 1. The van der Waals surface area contributed by atoms with Crippen molar-refractivity contribution >= 4 is 42.0 Å². The monoisotopic (exact) mass is 459 g/mol. The van der Waals surface area contributed by atoms with E-state index >= 15 is 0 Å². The van der Waals surface area contributed by atoms with Crippen molar-refractivity contribution in [1.29, 1.82) is 0 Å². The zero-order chi connectivity index (χ0) is 23.8. The fourth-order valence-electron chi connectivity index (χ4n) is 2.54. The van der Waals surface area contributed by atoms with Gasteiger partial charge < -0.3 is 27.0 Å². The Balaban J connectivity index is 4.69. The Kier molecular flexibility index (Phi) is 15.4. The molecule has 0 aliphatic rings. The molecule has 0 aromatic carbocycles. The van der Waals surface area contributed by atoms with Crippen LogP contribution in [0.15, 0.2) is 0 Å². The molecule has 3 atom stereocenters. The molecule has 178 valence electrons. The Labute approximate surface area is 189 Å². The average molecular weight is 460 g/mol. The first-order valence-electron chi connectivity index (χ1n) is 10.6. The highest BCUT2D eigenvalue weighted by atomic mass is 32.1. The topological polar surface area (TPSA) is 159 Å². The molecule has 0 spiro atoms. The van der Waals surface area contributed by atoms with Gasteiger partial charge in [-0.15, -0.1) is 0 Å². The van der Waals surface area contributed by atoms with E-state index in [1.54, 1.807) is 0 Å². The average Bonchev–Trinajstić information content (AvgIpc) is 2.73. The fourth-order valence-corrected chi connectivity index (χ4v) is 2.80. The SMILES string of the molecule is CC[C@H](C)CC(=O)N[C@@H](CS)C(=O)NCC(=O)N[C@@H](CCCCN)C(=O)NCC(C)=O. The van der Waals surface area contributed by atoms with Gasteiger partial charge in [0.25, 0.3) is 0 Å². The lowest BCUT2D eigenvalue weighted by Gasteiger charge is -2.20. The van der Waals surface area contributed by atoms with E-state index in [4.69, 9.17) is 5.73 Å². The van der Waals surface area contributed by atoms with Crippen LogP contribution in [-0.4, -0.2) is 66.9 Å². The van der Waals surface area contributed by atoms with Gasteiger partial charge in [-0.2, -0.15) is 12.6 Å². The lowest BCUT2D eigenvalue weighted by molar-refractivity contribution is -0.131. The predicted octanol–water partition coefficient (Wildman–Crippen LogP) is -0.728. The molecule has 0 aliphatic carbocycles. The summed E-state index contributed by atoms with van der Waals surface area (Å²) in [5.41, 5.74) is 5.47. The molecule has 0 heterocycles. The van der Waals surface area contributed by atoms with E-state index in [-0.39, 0.29) is 36.5 Å². The van der Waals surface area contributed by atoms with Crippen molar-refractivity contribution in [3.05, 3.63) is 0 Å². The number of hydrogen-bond acceptors (Lipinski definition) is 7. The molecule has 6 N–H and O–H groups in total. The maximum Gasteiger partial charge on any atom is 0.243 e. The van der Waals surface area contributed by atoms with Crippen LogP contribution in [0.1, 0.15) is 52.9 Å². The summed E-state index contributed by atoms with van der Waals surface area (Å²) < 4.78 is 0. The second-order valence-corrected chi connectivity index (χ2v) is 7.93. The predicted molar refractivity (Wildman–Crippen MR) is 121 cm³/mol. The van der Waals surface area contributed by atoms with Crippen molar-refractivity contribution in [3.8, 4) is 0 Å². The van der Waals surface area contributed by atoms with Gasteiger partial charge in [-0.1, -0.05) is 20.3 Å². The van der Waals surface area contributed by atoms with Gasteiger partial charge in [-0.25, -0.2) is 0 Å². The highest BCUT2D eigenvalue weighted by molar-refractivity contribution is 7.80. The maximum atomic E-state index is 12.3. The van der Waals surface area contributed by atoms with E-state index in [2.05, 4.69) is 33.9 Å². The van der Waals surface area contributed by atoms with Crippen LogP contribution in [0.5, 0.6) is 0 Å². The minimum Gasteiger partial charge on any atom is -0.347 e. The molecule has 0 rings (SSSR count). The molecule has 0 aliphatic heterocycles. The molecule has 10 nitrogen and oxygen atoms in total. The summed E-state index contributed by atoms with van der Waals surface area (Å²) in [5.74, 6) is -1.76. The summed E-state index contributed by atoms with van der Waals surface area (Å²) in [7, 11) is 0. The standard InChI is InChI=1S/C20H37N5O5S/c1-4-13(2)9-17(27)25-16(12-31)20(30)23-11-18(28)24-15(7-5-6-8-21)19(29)22-10-14(3)26/h13,15-16,31H,4-12,21H2,1-3H3,(H,22,29)(H,23,30)(H,24,28)(H,25,27)/t13-,15-,16-/m0/s1. The van der Waals surface area contributed by atoms with Gasteiger partial charge in [-0.3, -0.25) is 24.0 Å². The smallest absolute Gasteiger partial charge is 0.243 e. The first-order chi connectivity index (χ1) is 14.6. The van der Waals surface area contributed by atoms with Crippen molar-refractivity contribution in [2.45, 2.75) is 65.0 Å². The quantitative estimate of drug-likeness (QED) is 0.132. The summed E-state index contributed by atoms with van der Waals surface area (Å²) in [6.45, 7) is 5.23. The van der Waals surface area contributed by atoms with Gasteiger partial charge >= 0.3 is 0 Å². The van der Waals surface area contributed by atoms with Gasteiger partial charge in [0.2, 0.25) is 23.6 Å². The normalized spacial score (nSPS) is 13.5. The molecule has 0 unspecified atom stereocenters. The van der Waals surface area contributed by atoms with Crippen LogP contribution in [0.4, 0.5) is 0 Å². The number of nitrogens with two attached hydrogens (primary N) is 1. The Bertz CT molecular complexity index is 617. The minimum absolute atomic E-state index is 0.0782. The van der Waals surface area contributed by atoms with Crippen LogP contribution in [0.3, 0.4) is 0 Å². The fraction of sp³-hybridized carbons (Fsp3) is 0.750. The van der Waals surface area contributed by atoms with Gasteiger partial charge in [0, 0.05) is 12.2 Å². The molecule has 4 amide bonds. The molecule has 0 aromatic rings. The van der Waals surface area contributed by atoms with E-state index < -0.39 is 29.8 Å². The van der Waals surface area contributed by atoms with Crippen molar-refractivity contribution < 1.29 is 24.0 Å². The van der Waals surface area contributed by atoms with Gasteiger partial charge in [0.1, 0.15) is 17.9 Å². The molecular weight excluding hydrogens is 422 g/mol. The van der Waals surface area contributed by atoms with Crippen molar-refractivity contribution in [1.82, 2.24) is 21.3 Å². The van der Waals surface area contributed by atoms with Gasteiger partial charge in [0.15, 0.2) is 0 Å². The van der Waals surface area contributed by atoms with Gasteiger partial charge in [0.05, 0.1) is 13.1 Å². The Hall–Kier alpha value is -2.14. The van der Waals surface area contributed by atoms with E-state index in [9.17, 15) is 24.0 Å². The van der Waals surface area contributed by atoms with Crippen molar-refractivity contribution in [2.75, 3.05) is 25.4 Å². The molecular formula is C20H37N5O5S. The molecule has 11 heteroatoms. The molecule has 0 saturated carbocycles. The summed E-state index contributed by atoms with van der Waals surface area (Å²) in [6, 6.07) is -1.71. The number of ketones is 1. The molecule has 0 bridgehead atoms. The zero-order valence-corrected chi connectivity index (χ0v) is 19.6. The summed E-state index contributed by atoms with van der Waals surface area (Å²) >= 11 is 4.09. The minimum atomic E-state index is -0.869. The first kappa shape index (κ1) is 28.9. The third kappa shape index (κ3) is 13.7. The highest BCUT2D eigenvalue weighted by Gasteiger charge is 2.23. The summed E-state index contributed by atoms with van der Waals surface area (Å²) in [6.07, 6.45) is 2.80. The van der Waals surface area contributed by atoms with E-state index in [0.717, 1.165) is 6.42 Å². The largest absolute Gasteiger partial charge is 0.347 e. The van der Waals surface area contributed by atoms with Crippen LogP contribution >= 0.6 is 12.6 Å². The number of unbranched alkanes of at least 4 members (excludes halogenated alkanes) is 1. The Morgan fingerprint density at radius 2 is 1.48 bits per heavy atom. The number of hydrogen-bond donors (Lipinski definition) is 6. The van der Waals surface area contributed by atoms with Crippen LogP contribution in [0.2, 0.25) is 0 Å². The lowest BCUT2D eigenvalue weighted by atomic mass is 10.0. The number of nitrogens with one attached hydrogen (secondary N) is 4. The van der Waals surface area contributed by atoms with Crippen molar-refractivity contribution in [2.24, 2.45) is 11.7 Å². The van der Waals surface area contributed by atoms with E-state index in [0.29, 0.717) is 32.2 Å². The summed E-state index contributed by atoms with van der Waals surface area (Å²) in [4.78, 5) is 59.9. The Morgan fingerprint density at radius 3 is 2.03 bits per heavy atom. The third-order valence-corrected chi connectivity index (χ3v) is 4.96. The summed E-state index contributed by atoms with van der Waals surface area (Å²) in [5, 5.41) is 10.1. The number of thiol groups is 1. The van der Waals surface area contributed by atoms with Crippen molar-refractivity contribution in [3.63, 3.8) is 0 Å². The molecule has 31 heavy (non-hydrogen) atoms. The number of carbonyl (C=O) groups excluding carboxylic acids is 5. The zero-order valence-electron chi connectivity index (χ0n) is 18.7. The molecule has 0 saturated heterocycles. The van der Waals surface area contributed by atoms with Crippen LogP contribution in [0, 0.1) is 5.92 Å². The van der Waals surface area contributed by atoms with Crippen LogP contribution < -0.4 is 27.0 Å². The second-order valence-electron chi connectivity index (χ2n) is 7.56. The molecule has 0 fully saturated rings. The van der Waals surface area contributed by atoms with Crippen LogP contribution in [0.25, 0.3) is 0 Å². The Morgan fingerprint density at radius 1 is 0.903 bits per heavy atom. The van der Waals surface area contributed by atoms with Gasteiger partial charge in [-0.05, 0) is 38.6 Å². The number of rotatable bonds is 16.